The Balaban J connectivity index is 2.15. The molecule has 0 spiro atoms. The molecular formula is C15H10Cl2N2O2. The minimum absolute atomic E-state index is 0.370. The number of esters is 1. The van der Waals surface area contributed by atoms with Crippen LogP contribution in [0.15, 0.2) is 42.5 Å². The number of halogens is 2. The van der Waals surface area contributed by atoms with Crippen molar-refractivity contribution in [2.24, 2.45) is 0 Å². The van der Waals surface area contributed by atoms with E-state index in [2.05, 4.69) is 5.10 Å². The maximum atomic E-state index is 11.7. The van der Waals surface area contributed by atoms with Crippen LogP contribution in [0.2, 0.25) is 10.0 Å². The molecule has 0 saturated heterocycles. The van der Waals surface area contributed by atoms with E-state index in [-0.39, 0.29) is 0 Å². The standard InChI is InChI=1S/C15H10Cl2N2O2/c1-21-15(20)14-7-4-10-3-6-13(18-19(10)14)9-2-5-11(16)12(17)8-9/h2-8H,1H3. The van der Waals surface area contributed by atoms with Gasteiger partial charge in [-0.15, -0.1) is 0 Å². The zero-order chi connectivity index (χ0) is 15.0. The first-order chi connectivity index (χ1) is 10.1. The minimum atomic E-state index is -0.436. The molecule has 4 nitrogen and oxygen atoms in total. The van der Waals surface area contributed by atoms with E-state index < -0.39 is 5.97 Å². The summed E-state index contributed by atoms with van der Waals surface area (Å²) < 4.78 is 6.29. The summed E-state index contributed by atoms with van der Waals surface area (Å²) in [4.78, 5) is 11.7. The summed E-state index contributed by atoms with van der Waals surface area (Å²) in [6.45, 7) is 0. The molecule has 1 aromatic carbocycles. The highest BCUT2D eigenvalue weighted by molar-refractivity contribution is 6.42. The SMILES string of the molecule is COC(=O)c1ccc2ccc(-c3ccc(Cl)c(Cl)c3)nn12. The van der Waals surface area contributed by atoms with Crippen molar-refractivity contribution in [1.82, 2.24) is 9.61 Å². The molecule has 3 rings (SSSR count). The third-order valence-electron chi connectivity index (χ3n) is 3.11. The molecule has 0 fully saturated rings. The molecule has 0 atom stereocenters. The van der Waals surface area contributed by atoms with E-state index in [9.17, 15) is 4.79 Å². The van der Waals surface area contributed by atoms with Crippen LogP contribution in [0.5, 0.6) is 0 Å². The molecule has 0 aliphatic heterocycles. The molecule has 0 aliphatic rings. The van der Waals surface area contributed by atoms with Crippen LogP contribution in [0.1, 0.15) is 10.5 Å². The first kappa shape index (κ1) is 13.9. The number of methoxy groups -OCH3 is 1. The Labute approximate surface area is 130 Å². The van der Waals surface area contributed by atoms with E-state index in [4.69, 9.17) is 27.9 Å². The van der Waals surface area contributed by atoms with Crippen LogP contribution in [0.25, 0.3) is 16.8 Å². The molecule has 106 valence electrons. The largest absolute Gasteiger partial charge is 0.464 e. The number of nitrogens with zero attached hydrogens (tertiary/aromatic N) is 2. The van der Waals surface area contributed by atoms with Gasteiger partial charge in [0.1, 0.15) is 0 Å². The van der Waals surface area contributed by atoms with Gasteiger partial charge >= 0.3 is 5.97 Å². The fourth-order valence-corrected chi connectivity index (χ4v) is 2.35. The topological polar surface area (TPSA) is 43.6 Å². The Hall–Kier alpha value is -2.04. The Morgan fingerprint density at radius 2 is 1.86 bits per heavy atom. The highest BCUT2D eigenvalue weighted by Gasteiger charge is 2.13. The summed E-state index contributed by atoms with van der Waals surface area (Å²) in [6.07, 6.45) is 0. The van der Waals surface area contributed by atoms with Gasteiger partial charge in [-0.1, -0.05) is 29.3 Å². The highest BCUT2D eigenvalue weighted by Crippen LogP contribution is 2.27. The van der Waals surface area contributed by atoms with Crippen molar-refractivity contribution in [1.29, 1.82) is 0 Å². The molecule has 0 unspecified atom stereocenters. The number of ether oxygens (including phenoxy) is 1. The normalized spacial score (nSPS) is 10.8. The van der Waals surface area contributed by atoms with Crippen molar-refractivity contribution in [3.63, 3.8) is 0 Å². The first-order valence-electron chi connectivity index (χ1n) is 6.12. The predicted octanol–water partition coefficient (Wildman–Crippen LogP) is 4.09. The van der Waals surface area contributed by atoms with Crippen LogP contribution in [0.3, 0.4) is 0 Å². The smallest absolute Gasteiger partial charge is 0.356 e. The molecule has 6 heteroatoms. The maximum absolute atomic E-state index is 11.7. The number of fused-ring (bicyclic) bond motifs is 1. The Morgan fingerprint density at radius 3 is 2.57 bits per heavy atom. The molecule has 21 heavy (non-hydrogen) atoms. The number of carbonyl (C=O) groups is 1. The van der Waals surface area contributed by atoms with E-state index in [0.717, 1.165) is 11.1 Å². The highest BCUT2D eigenvalue weighted by atomic mass is 35.5. The summed E-state index contributed by atoms with van der Waals surface area (Å²) in [5.74, 6) is -0.436. The average molecular weight is 321 g/mol. The number of benzene rings is 1. The van der Waals surface area contributed by atoms with Crippen LogP contribution >= 0.6 is 23.2 Å². The number of rotatable bonds is 2. The van der Waals surface area contributed by atoms with Gasteiger partial charge in [0, 0.05) is 5.56 Å². The Morgan fingerprint density at radius 1 is 1.10 bits per heavy atom. The third-order valence-corrected chi connectivity index (χ3v) is 3.85. The molecule has 3 aromatic rings. The van der Waals surface area contributed by atoms with Crippen molar-refractivity contribution in [3.8, 4) is 11.3 Å². The number of hydrogen-bond donors (Lipinski definition) is 0. The molecule has 0 bridgehead atoms. The fraction of sp³-hybridized carbons (Fsp3) is 0.0667. The van der Waals surface area contributed by atoms with Gasteiger partial charge in [0.05, 0.1) is 28.4 Å². The first-order valence-corrected chi connectivity index (χ1v) is 6.88. The average Bonchev–Trinajstić information content (AvgIpc) is 2.92. The van der Waals surface area contributed by atoms with Gasteiger partial charge < -0.3 is 4.74 Å². The molecule has 2 aromatic heterocycles. The van der Waals surface area contributed by atoms with E-state index in [1.54, 1.807) is 28.8 Å². The summed E-state index contributed by atoms with van der Waals surface area (Å²) in [5, 5.41) is 5.40. The lowest BCUT2D eigenvalue weighted by Gasteiger charge is -2.05. The minimum Gasteiger partial charge on any atom is -0.464 e. The van der Waals surface area contributed by atoms with Gasteiger partial charge in [-0.05, 0) is 36.4 Å². The van der Waals surface area contributed by atoms with Crippen LogP contribution in [0, 0.1) is 0 Å². The van der Waals surface area contributed by atoms with Gasteiger partial charge in [0.15, 0.2) is 5.69 Å². The number of hydrogen-bond acceptors (Lipinski definition) is 3. The molecule has 0 amide bonds. The van der Waals surface area contributed by atoms with Crippen LogP contribution in [-0.4, -0.2) is 22.7 Å². The fourth-order valence-electron chi connectivity index (χ4n) is 2.06. The van der Waals surface area contributed by atoms with E-state index in [0.29, 0.717) is 21.4 Å². The van der Waals surface area contributed by atoms with Crippen molar-refractivity contribution < 1.29 is 9.53 Å². The Kier molecular flexibility index (Phi) is 3.57. The predicted molar refractivity (Wildman–Crippen MR) is 82.0 cm³/mol. The monoisotopic (exact) mass is 320 g/mol. The maximum Gasteiger partial charge on any atom is 0.356 e. The van der Waals surface area contributed by atoms with Gasteiger partial charge in [0.2, 0.25) is 0 Å². The quantitative estimate of drug-likeness (QED) is 0.668. The molecule has 0 radical (unpaired) electrons. The summed E-state index contributed by atoms with van der Waals surface area (Å²) in [5.41, 5.74) is 2.67. The lowest BCUT2D eigenvalue weighted by Crippen LogP contribution is -2.07. The molecule has 0 saturated carbocycles. The van der Waals surface area contributed by atoms with Crippen LogP contribution < -0.4 is 0 Å². The van der Waals surface area contributed by atoms with E-state index in [1.807, 2.05) is 18.2 Å². The summed E-state index contributed by atoms with van der Waals surface area (Å²) in [7, 11) is 1.34. The molecule has 0 aliphatic carbocycles. The number of carbonyl (C=O) groups excluding carboxylic acids is 1. The third kappa shape index (κ3) is 2.48. The lowest BCUT2D eigenvalue weighted by molar-refractivity contribution is 0.0591. The number of aromatic nitrogens is 2. The molecule has 2 heterocycles. The van der Waals surface area contributed by atoms with Crippen molar-refractivity contribution in [3.05, 3.63) is 58.2 Å². The second-order valence-electron chi connectivity index (χ2n) is 4.39. The van der Waals surface area contributed by atoms with Crippen molar-refractivity contribution in [2.45, 2.75) is 0 Å². The van der Waals surface area contributed by atoms with Gasteiger partial charge in [0.25, 0.3) is 0 Å². The van der Waals surface area contributed by atoms with Gasteiger partial charge in [-0.25, -0.2) is 9.31 Å². The second-order valence-corrected chi connectivity index (χ2v) is 5.21. The van der Waals surface area contributed by atoms with Gasteiger partial charge in [-0.3, -0.25) is 0 Å². The van der Waals surface area contributed by atoms with Crippen molar-refractivity contribution >= 4 is 34.7 Å². The molecule has 0 N–H and O–H groups in total. The zero-order valence-electron chi connectivity index (χ0n) is 11.0. The zero-order valence-corrected chi connectivity index (χ0v) is 12.5. The lowest BCUT2D eigenvalue weighted by atomic mass is 10.1. The van der Waals surface area contributed by atoms with E-state index in [1.165, 1.54) is 7.11 Å². The van der Waals surface area contributed by atoms with Crippen molar-refractivity contribution in [2.75, 3.05) is 7.11 Å². The van der Waals surface area contributed by atoms with Gasteiger partial charge in [-0.2, -0.15) is 5.10 Å². The van der Waals surface area contributed by atoms with E-state index >= 15 is 0 Å². The van der Waals surface area contributed by atoms with Crippen LogP contribution in [0.4, 0.5) is 0 Å². The Bertz CT molecular complexity index is 843. The molecular weight excluding hydrogens is 311 g/mol. The second kappa shape index (κ2) is 5.39. The summed E-state index contributed by atoms with van der Waals surface area (Å²) >= 11 is 11.9. The summed E-state index contributed by atoms with van der Waals surface area (Å²) in [6, 6.07) is 12.5. The van der Waals surface area contributed by atoms with Crippen LogP contribution in [-0.2, 0) is 4.74 Å².